The first-order valence-corrected chi connectivity index (χ1v) is 6.77. The van der Waals surface area contributed by atoms with Gasteiger partial charge in [-0.25, -0.2) is 0 Å². The Labute approximate surface area is 126 Å². The van der Waals surface area contributed by atoms with Crippen molar-refractivity contribution in [2.45, 2.75) is 6.04 Å². The van der Waals surface area contributed by atoms with Crippen molar-refractivity contribution >= 4 is 16.9 Å². The molecular weight excluding hydrogens is 284 g/mol. The van der Waals surface area contributed by atoms with Crippen molar-refractivity contribution in [2.75, 3.05) is 13.7 Å². The number of amides is 1. The molecule has 2 N–H and O–H groups in total. The molecule has 1 aromatic carbocycles. The maximum absolute atomic E-state index is 12.4. The molecule has 0 saturated heterocycles. The van der Waals surface area contributed by atoms with E-state index in [2.05, 4.69) is 25.8 Å². The number of hydrogen-bond donors (Lipinski definition) is 2. The topological polar surface area (TPSA) is 97.7 Å². The van der Waals surface area contributed by atoms with Crippen LogP contribution in [0.3, 0.4) is 0 Å². The van der Waals surface area contributed by atoms with Gasteiger partial charge in [0, 0.05) is 25.9 Å². The molecule has 1 unspecified atom stereocenters. The predicted octanol–water partition coefficient (Wildman–Crippen LogP) is 0.809. The number of nitrogens with zero attached hydrogens (tertiary/aromatic N) is 4. The summed E-state index contributed by atoms with van der Waals surface area (Å²) in [5.74, 6) is -0.201. The second-order valence-corrected chi connectivity index (χ2v) is 4.89. The molecule has 114 valence electrons. The second-order valence-electron chi connectivity index (χ2n) is 4.89. The summed E-state index contributed by atoms with van der Waals surface area (Å²) in [6, 6.07) is 6.74. The average Bonchev–Trinajstić information content (AvgIpc) is 3.14. The summed E-state index contributed by atoms with van der Waals surface area (Å²) < 4.78 is 6.91. The van der Waals surface area contributed by atoms with E-state index in [4.69, 9.17) is 4.74 Å². The Kier molecular flexibility index (Phi) is 3.84. The summed E-state index contributed by atoms with van der Waals surface area (Å²) in [6.45, 7) is 0.359. The second kappa shape index (κ2) is 5.94. The molecule has 22 heavy (non-hydrogen) atoms. The lowest BCUT2D eigenvalue weighted by atomic mass is 10.1. The number of aryl methyl sites for hydroxylation is 1. The Balaban J connectivity index is 1.82. The molecule has 0 aliphatic heterocycles. The zero-order valence-electron chi connectivity index (χ0n) is 12.3. The maximum atomic E-state index is 12.4. The van der Waals surface area contributed by atoms with Crippen molar-refractivity contribution in [3.8, 4) is 0 Å². The van der Waals surface area contributed by atoms with E-state index in [0.29, 0.717) is 17.7 Å². The van der Waals surface area contributed by atoms with E-state index in [1.807, 2.05) is 13.1 Å². The minimum Gasteiger partial charge on any atom is -0.382 e. The molecule has 0 bridgehead atoms. The monoisotopic (exact) mass is 300 g/mol. The highest BCUT2D eigenvalue weighted by molar-refractivity contribution is 5.97. The van der Waals surface area contributed by atoms with Crippen LogP contribution in [-0.4, -0.2) is 44.8 Å². The van der Waals surface area contributed by atoms with Gasteiger partial charge in [0.15, 0.2) is 0 Å². The highest BCUT2D eigenvalue weighted by atomic mass is 16.5. The van der Waals surface area contributed by atoms with Gasteiger partial charge < -0.3 is 10.1 Å². The number of carbonyl (C=O) groups excluding carboxylic acids is 1. The lowest BCUT2D eigenvalue weighted by molar-refractivity contribution is 0.0892. The van der Waals surface area contributed by atoms with E-state index in [9.17, 15) is 4.79 Å². The molecule has 0 aliphatic carbocycles. The van der Waals surface area contributed by atoms with E-state index in [1.54, 1.807) is 36.2 Å². The largest absolute Gasteiger partial charge is 0.382 e. The lowest BCUT2D eigenvalue weighted by Crippen LogP contribution is -2.32. The number of methoxy groups -OCH3 is 1. The van der Waals surface area contributed by atoms with E-state index in [0.717, 1.165) is 11.2 Å². The van der Waals surface area contributed by atoms with Gasteiger partial charge in [0.25, 0.3) is 5.91 Å². The zero-order valence-corrected chi connectivity index (χ0v) is 12.3. The van der Waals surface area contributed by atoms with Gasteiger partial charge in [-0.15, -0.1) is 0 Å². The van der Waals surface area contributed by atoms with Crippen LogP contribution in [0.5, 0.6) is 0 Å². The Morgan fingerprint density at radius 1 is 1.36 bits per heavy atom. The van der Waals surface area contributed by atoms with Crippen LogP contribution in [0.2, 0.25) is 0 Å². The molecule has 0 aliphatic rings. The molecule has 0 spiro atoms. The van der Waals surface area contributed by atoms with Crippen LogP contribution in [0.15, 0.2) is 30.5 Å². The average molecular weight is 300 g/mol. The van der Waals surface area contributed by atoms with Crippen LogP contribution >= 0.6 is 0 Å². The quantitative estimate of drug-likeness (QED) is 0.726. The van der Waals surface area contributed by atoms with Crippen molar-refractivity contribution in [3.63, 3.8) is 0 Å². The van der Waals surface area contributed by atoms with Gasteiger partial charge in [-0.05, 0) is 24.3 Å². The van der Waals surface area contributed by atoms with Crippen LogP contribution in [0.1, 0.15) is 22.1 Å². The summed E-state index contributed by atoms with van der Waals surface area (Å²) in [6.07, 6.45) is 1.69. The zero-order chi connectivity index (χ0) is 15.5. The molecule has 0 radical (unpaired) electrons. The van der Waals surface area contributed by atoms with Gasteiger partial charge in [0.1, 0.15) is 11.0 Å². The van der Waals surface area contributed by atoms with Crippen molar-refractivity contribution < 1.29 is 9.53 Å². The van der Waals surface area contributed by atoms with E-state index in [-0.39, 0.29) is 11.9 Å². The molecule has 3 rings (SSSR count). The van der Waals surface area contributed by atoms with Gasteiger partial charge in [-0.3, -0.25) is 9.48 Å². The van der Waals surface area contributed by atoms with Gasteiger partial charge in [0.2, 0.25) is 0 Å². The van der Waals surface area contributed by atoms with Gasteiger partial charge >= 0.3 is 0 Å². The molecule has 3 aromatic rings. The number of H-pyrrole nitrogens is 1. The van der Waals surface area contributed by atoms with Crippen LogP contribution in [0.25, 0.3) is 11.0 Å². The van der Waals surface area contributed by atoms with Crippen molar-refractivity contribution in [2.24, 2.45) is 7.05 Å². The summed E-state index contributed by atoms with van der Waals surface area (Å²) in [7, 11) is 3.42. The summed E-state index contributed by atoms with van der Waals surface area (Å²) in [5.41, 5.74) is 2.76. The number of rotatable bonds is 5. The number of aromatic amines is 1. The smallest absolute Gasteiger partial charge is 0.251 e. The fraction of sp³-hybridized carbons (Fsp3) is 0.286. The molecule has 1 atom stereocenters. The highest BCUT2D eigenvalue weighted by Crippen LogP contribution is 2.15. The molecule has 0 saturated carbocycles. The summed E-state index contributed by atoms with van der Waals surface area (Å²) in [5, 5.41) is 17.6. The molecule has 2 heterocycles. The van der Waals surface area contributed by atoms with Crippen LogP contribution in [0.4, 0.5) is 0 Å². The number of nitrogens with one attached hydrogen (secondary N) is 2. The summed E-state index contributed by atoms with van der Waals surface area (Å²) in [4.78, 5) is 12.4. The van der Waals surface area contributed by atoms with Crippen molar-refractivity contribution in [1.82, 2.24) is 30.5 Å². The fourth-order valence-corrected chi connectivity index (χ4v) is 2.32. The molecule has 0 fully saturated rings. The number of ether oxygens (including phenoxy) is 1. The van der Waals surface area contributed by atoms with Crippen molar-refractivity contribution in [1.29, 1.82) is 0 Å². The molecule has 8 heteroatoms. The van der Waals surface area contributed by atoms with E-state index in [1.165, 1.54) is 0 Å². The van der Waals surface area contributed by atoms with Crippen molar-refractivity contribution in [3.05, 3.63) is 41.7 Å². The van der Waals surface area contributed by atoms with E-state index < -0.39 is 0 Å². The van der Waals surface area contributed by atoms with Gasteiger partial charge in [-0.1, -0.05) is 0 Å². The first kappa shape index (κ1) is 14.2. The SMILES string of the molecule is COCC(NC(=O)c1ccc2n[nH]nc2c1)c1ccnn1C. The third-order valence-electron chi connectivity index (χ3n) is 3.43. The normalized spacial score (nSPS) is 12.5. The van der Waals surface area contributed by atoms with Gasteiger partial charge in [-0.2, -0.15) is 20.5 Å². The minimum atomic E-state index is -0.280. The Hall–Kier alpha value is -2.74. The first-order valence-electron chi connectivity index (χ1n) is 6.77. The third-order valence-corrected chi connectivity index (χ3v) is 3.43. The van der Waals surface area contributed by atoms with Crippen LogP contribution in [-0.2, 0) is 11.8 Å². The first-order chi connectivity index (χ1) is 10.7. The van der Waals surface area contributed by atoms with Crippen LogP contribution in [0, 0.1) is 0 Å². The molecular formula is C14H16N6O2. The number of carbonyl (C=O) groups is 1. The highest BCUT2D eigenvalue weighted by Gasteiger charge is 2.19. The van der Waals surface area contributed by atoms with E-state index >= 15 is 0 Å². The summed E-state index contributed by atoms with van der Waals surface area (Å²) >= 11 is 0. The maximum Gasteiger partial charge on any atom is 0.251 e. The predicted molar refractivity (Wildman–Crippen MR) is 79.2 cm³/mol. The Morgan fingerprint density at radius 3 is 2.91 bits per heavy atom. The molecule has 1 amide bonds. The van der Waals surface area contributed by atoms with Crippen LogP contribution < -0.4 is 5.32 Å². The number of hydrogen-bond acceptors (Lipinski definition) is 5. The fourth-order valence-electron chi connectivity index (χ4n) is 2.32. The third kappa shape index (κ3) is 2.68. The molecule has 2 aromatic heterocycles. The Morgan fingerprint density at radius 2 is 2.18 bits per heavy atom. The standard InChI is InChI=1S/C14H16N6O2/c1-20-13(5-6-15-20)12(8-22-2)16-14(21)9-3-4-10-11(7-9)18-19-17-10/h3-7,12H,8H2,1-2H3,(H,16,21)(H,17,18,19). The number of benzene rings is 1. The number of aromatic nitrogens is 5. The minimum absolute atomic E-state index is 0.201. The lowest BCUT2D eigenvalue weighted by Gasteiger charge is -2.18. The molecule has 8 nitrogen and oxygen atoms in total. The Bertz CT molecular complexity index is 793. The number of fused-ring (bicyclic) bond motifs is 1. The van der Waals surface area contributed by atoms with Gasteiger partial charge in [0.05, 0.1) is 18.3 Å².